The molecule has 5 aliphatic rings. The second kappa shape index (κ2) is 11.3. The monoisotopic (exact) mass is 639 g/mol. The fraction of sp³-hybridized carbons (Fsp3) is 0.611. The highest BCUT2D eigenvalue weighted by atomic mass is 32.2. The van der Waals surface area contributed by atoms with Crippen molar-refractivity contribution in [3.05, 3.63) is 59.2 Å². The minimum Gasteiger partial charge on any atom is -0.492 e. The molecule has 6 atom stereocenters. The van der Waals surface area contributed by atoms with Crippen LogP contribution < -0.4 is 4.74 Å². The number of ether oxygens (including phenoxy) is 2. The van der Waals surface area contributed by atoms with Gasteiger partial charge in [-0.1, -0.05) is 25.1 Å². The molecule has 9 heteroatoms. The van der Waals surface area contributed by atoms with E-state index in [1.54, 1.807) is 18.1 Å². The maximum Gasteiger partial charge on any atom is 0.336 e. The van der Waals surface area contributed by atoms with Crippen LogP contribution in [0.3, 0.4) is 0 Å². The second-order valence-corrected chi connectivity index (χ2v) is 16.4. The first kappa shape index (κ1) is 31.1. The molecule has 2 aromatic rings. The summed E-state index contributed by atoms with van der Waals surface area (Å²) in [4.78, 5) is 2.65. The van der Waals surface area contributed by atoms with Gasteiger partial charge in [0, 0.05) is 25.0 Å². The van der Waals surface area contributed by atoms with E-state index >= 15 is 8.78 Å². The van der Waals surface area contributed by atoms with Crippen molar-refractivity contribution in [1.29, 1.82) is 0 Å². The van der Waals surface area contributed by atoms with Crippen LogP contribution in [0.5, 0.6) is 5.75 Å². The van der Waals surface area contributed by atoms with Crippen molar-refractivity contribution < 1.29 is 31.8 Å². The third-order valence-electron chi connectivity index (χ3n) is 11.9. The van der Waals surface area contributed by atoms with Crippen LogP contribution in [0.4, 0.5) is 8.78 Å². The van der Waals surface area contributed by atoms with Gasteiger partial charge < -0.3 is 14.6 Å². The lowest BCUT2D eigenvalue weighted by molar-refractivity contribution is -0.214. The lowest BCUT2D eigenvalue weighted by Gasteiger charge is -2.57. The number of alkyl halides is 2. The molecule has 0 bridgehead atoms. The molecular formula is C36H43F2NO5S. The molecule has 4 fully saturated rings. The van der Waals surface area contributed by atoms with Crippen molar-refractivity contribution in [2.45, 2.75) is 85.4 Å². The minimum absolute atomic E-state index is 0.0390. The standard InChI is InChI=1S/C36H43F2NO5S/c1-3-36(37,38)35(40)15-14-32-30-12-6-25-22-26(44-21-18-39-16-19-43-20-17-39)7-13-29(25)33(30)31(23-34(32,35)2)24-4-8-27(9-5-24)45(41,42)28-10-11-28/h1,4-5,7-9,13,22,28,30-33,40H,6,10-12,14-21,23H2,2H3/t30-,31+,32-,33?,34-,35-/m0/s1. The van der Waals surface area contributed by atoms with Crippen LogP contribution in [0.25, 0.3) is 0 Å². The van der Waals surface area contributed by atoms with Gasteiger partial charge in [-0.15, -0.1) is 6.42 Å². The largest absolute Gasteiger partial charge is 0.492 e. The number of hydrogen-bond acceptors (Lipinski definition) is 6. The molecule has 45 heavy (non-hydrogen) atoms. The van der Waals surface area contributed by atoms with E-state index in [-0.39, 0.29) is 35.3 Å². The molecule has 0 spiro atoms. The summed E-state index contributed by atoms with van der Waals surface area (Å²) in [6.45, 7) is 6.56. The molecule has 1 N–H and O–H groups in total. The molecule has 0 aromatic heterocycles. The maximum absolute atomic E-state index is 15.4. The van der Waals surface area contributed by atoms with E-state index in [4.69, 9.17) is 15.9 Å². The number of rotatable bonds is 8. The Balaban J connectivity index is 1.22. The molecule has 2 aromatic carbocycles. The van der Waals surface area contributed by atoms with E-state index in [2.05, 4.69) is 17.0 Å². The Morgan fingerprint density at radius 1 is 1.11 bits per heavy atom. The summed E-state index contributed by atoms with van der Waals surface area (Å²) in [5.74, 6) is -1.38. The highest BCUT2D eigenvalue weighted by molar-refractivity contribution is 7.92. The molecule has 7 rings (SSSR count). The SMILES string of the molecule is C#CC(F)(F)[C@]1(O)CC[C@H]2[C@@H]3CCc4cc(OCCN5CCOCC5)ccc4C3[C@@H](c3ccc(S(=O)(=O)C4CC4)cc3)C[C@@]21C. The third kappa shape index (κ3) is 5.11. The lowest BCUT2D eigenvalue weighted by Crippen LogP contribution is -2.60. The van der Waals surface area contributed by atoms with Crippen LogP contribution in [-0.4, -0.2) is 74.7 Å². The van der Waals surface area contributed by atoms with Gasteiger partial charge in [-0.25, -0.2) is 8.42 Å². The van der Waals surface area contributed by atoms with Crippen LogP contribution >= 0.6 is 0 Å². The zero-order valence-corrected chi connectivity index (χ0v) is 26.7. The average molecular weight is 640 g/mol. The summed E-state index contributed by atoms with van der Waals surface area (Å²) >= 11 is 0. The Morgan fingerprint density at radius 3 is 2.53 bits per heavy atom. The lowest BCUT2D eigenvalue weighted by atomic mass is 9.48. The summed E-state index contributed by atoms with van der Waals surface area (Å²) in [6, 6.07) is 13.4. The summed E-state index contributed by atoms with van der Waals surface area (Å²) < 4.78 is 68.3. The molecule has 3 saturated carbocycles. The third-order valence-corrected chi connectivity index (χ3v) is 14.2. The number of fused-ring (bicyclic) bond motifs is 5. The van der Waals surface area contributed by atoms with E-state index < -0.39 is 26.8 Å². The fourth-order valence-corrected chi connectivity index (χ4v) is 11.0. The van der Waals surface area contributed by atoms with Gasteiger partial charge in [-0.05, 0) is 115 Å². The average Bonchev–Trinajstić information content (AvgIpc) is 3.87. The Labute approximate surface area is 265 Å². The number of aliphatic hydroxyl groups is 1. The predicted octanol–water partition coefficient (Wildman–Crippen LogP) is 5.58. The number of aryl methyl sites for hydroxylation is 1. The first-order chi connectivity index (χ1) is 21.5. The van der Waals surface area contributed by atoms with Gasteiger partial charge in [-0.2, -0.15) is 8.78 Å². The minimum atomic E-state index is -3.66. The summed E-state index contributed by atoms with van der Waals surface area (Å²) in [7, 11) is -3.36. The van der Waals surface area contributed by atoms with E-state index in [0.717, 1.165) is 57.0 Å². The van der Waals surface area contributed by atoms with E-state index in [1.165, 1.54) is 11.1 Å². The van der Waals surface area contributed by atoms with Crippen molar-refractivity contribution in [1.82, 2.24) is 4.90 Å². The van der Waals surface area contributed by atoms with Crippen LogP contribution in [0.15, 0.2) is 47.4 Å². The van der Waals surface area contributed by atoms with Gasteiger partial charge in [0.05, 0.1) is 23.4 Å². The molecule has 4 aliphatic carbocycles. The van der Waals surface area contributed by atoms with Gasteiger partial charge in [0.2, 0.25) is 0 Å². The number of halogens is 2. The van der Waals surface area contributed by atoms with Gasteiger partial charge in [0.25, 0.3) is 0 Å². The molecule has 0 amide bonds. The Morgan fingerprint density at radius 2 is 1.84 bits per heavy atom. The van der Waals surface area contributed by atoms with Crippen LogP contribution in [0.1, 0.15) is 74.0 Å². The Kier molecular flexibility index (Phi) is 7.83. The topological polar surface area (TPSA) is 76.1 Å². The smallest absolute Gasteiger partial charge is 0.336 e. The quantitative estimate of drug-likeness (QED) is 0.380. The number of sulfone groups is 1. The number of terminal acetylenes is 1. The molecule has 1 heterocycles. The Hall–Kier alpha value is -2.51. The zero-order valence-electron chi connectivity index (χ0n) is 25.9. The van der Waals surface area contributed by atoms with Crippen LogP contribution in [0.2, 0.25) is 0 Å². The van der Waals surface area contributed by atoms with Crippen LogP contribution in [0, 0.1) is 29.6 Å². The number of hydrogen-bond donors (Lipinski definition) is 1. The zero-order chi connectivity index (χ0) is 31.6. The molecular weight excluding hydrogens is 596 g/mol. The number of nitrogens with zero attached hydrogens (tertiary/aromatic N) is 1. The number of morpholine rings is 1. The molecule has 242 valence electrons. The van der Waals surface area contributed by atoms with Gasteiger partial charge >= 0.3 is 5.92 Å². The molecule has 1 aliphatic heterocycles. The Bertz CT molecular complexity index is 1580. The van der Waals surface area contributed by atoms with Gasteiger partial charge in [0.15, 0.2) is 9.84 Å². The van der Waals surface area contributed by atoms with E-state index in [0.29, 0.717) is 37.2 Å². The molecule has 1 saturated heterocycles. The first-order valence-corrected chi connectivity index (χ1v) is 18.0. The van der Waals surface area contributed by atoms with Crippen LogP contribution in [-0.2, 0) is 21.0 Å². The summed E-state index contributed by atoms with van der Waals surface area (Å²) in [5.41, 5.74) is -0.0861. The van der Waals surface area contributed by atoms with Crippen molar-refractivity contribution in [3.63, 3.8) is 0 Å². The van der Waals surface area contributed by atoms with Crippen molar-refractivity contribution in [3.8, 4) is 18.1 Å². The van der Waals surface area contributed by atoms with Crippen molar-refractivity contribution in [2.24, 2.45) is 17.3 Å². The maximum atomic E-state index is 15.4. The van der Waals surface area contributed by atoms with Gasteiger partial charge in [0.1, 0.15) is 18.0 Å². The van der Waals surface area contributed by atoms with E-state index in [1.807, 2.05) is 25.1 Å². The van der Waals surface area contributed by atoms with E-state index in [9.17, 15) is 13.5 Å². The summed E-state index contributed by atoms with van der Waals surface area (Å²) in [6.07, 6.45) is 9.12. The summed E-state index contributed by atoms with van der Waals surface area (Å²) in [5, 5.41) is 11.4. The first-order valence-electron chi connectivity index (χ1n) is 16.5. The molecule has 0 radical (unpaired) electrons. The predicted molar refractivity (Wildman–Crippen MR) is 167 cm³/mol. The fourth-order valence-electron chi connectivity index (χ4n) is 9.33. The van der Waals surface area contributed by atoms with Crippen molar-refractivity contribution in [2.75, 3.05) is 39.5 Å². The normalized spacial score (nSPS) is 33.5. The number of benzene rings is 2. The second-order valence-electron chi connectivity index (χ2n) is 14.2. The molecule has 1 unspecified atom stereocenters. The molecule has 6 nitrogen and oxygen atoms in total. The van der Waals surface area contributed by atoms with Crippen molar-refractivity contribution >= 4 is 9.84 Å². The van der Waals surface area contributed by atoms with Gasteiger partial charge in [-0.3, -0.25) is 4.90 Å². The highest BCUT2D eigenvalue weighted by Crippen LogP contribution is 2.70. The highest BCUT2D eigenvalue weighted by Gasteiger charge is 2.71.